The van der Waals surface area contributed by atoms with Crippen LogP contribution in [0.3, 0.4) is 0 Å². The molecule has 21 heavy (non-hydrogen) atoms. The van der Waals surface area contributed by atoms with Crippen LogP contribution in [0, 0.1) is 34.2 Å². The lowest BCUT2D eigenvalue weighted by molar-refractivity contribution is -0.387. The minimum atomic E-state index is -4.14. The average molecular weight is 313 g/mol. The van der Waals surface area contributed by atoms with Crippen LogP contribution in [0.1, 0.15) is 24.8 Å². The summed E-state index contributed by atoms with van der Waals surface area (Å²) in [7, 11) is -4.14. The highest BCUT2D eigenvalue weighted by Crippen LogP contribution is 2.34. The Balaban J connectivity index is 2.48. The van der Waals surface area contributed by atoms with Crippen molar-refractivity contribution in [2.24, 2.45) is 0 Å². The van der Waals surface area contributed by atoms with Gasteiger partial charge in [-0.1, -0.05) is 0 Å². The molecule has 0 atom stereocenters. The molecule has 0 unspecified atom stereocenters. The fraction of sp³-hybridized carbons (Fsp3) is 0.417. The Hall–Kier alpha value is -2.05. The summed E-state index contributed by atoms with van der Waals surface area (Å²) in [4.78, 5) is 9.34. The average Bonchev–Trinajstić information content (AvgIpc) is 2.33. The van der Waals surface area contributed by atoms with E-state index in [9.17, 15) is 22.9 Å². The summed E-state index contributed by atoms with van der Waals surface area (Å²) in [5, 5.41) is 19.8. The van der Waals surface area contributed by atoms with Gasteiger partial charge < -0.3 is 0 Å². The summed E-state index contributed by atoms with van der Waals surface area (Å²) in [6, 6.07) is 3.39. The highest BCUT2D eigenvalue weighted by atomic mass is 32.2. The molecular formula is C12H12FN3O4S. The van der Waals surface area contributed by atoms with Gasteiger partial charge in [-0.2, -0.15) is 14.4 Å². The number of nitriles is 1. The molecule has 112 valence electrons. The van der Waals surface area contributed by atoms with Crippen LogP contribution in [0.2, 0.25) is 0 Å². The quantitative estimate of drug-likeness (QED) is 0.672. The topological polar surface area (TPSA) is 113 Å². The molecule has 7 nitrogen and oxygen atoms in total. The highest BCUT2D eigenvalue weighted by molar-refractivity contribution is 7.89. The first-order chi connectivity index (χ1) is 9.71. The summed E-state index contributed by atoms with van der Waals surface area (Å²) < 4.78 is 40.3. The van der Waals surface area contributed by atoms with E-state index in [0.29, 0.717) is 18.9 Å². The molecule has 0 amide bonds. The van der Waals surface area contributed by atoms with Crippen molar-refractivity contribution in [1.29, 1.82) is 5.26 Å². The van der Waals surface area contributed by atoms with Crippen molar-refractivity contribution in [3.63, 3.8) is 0 Å². The number of aryl methyl sites for hydroxylation is 1. The van der Waals surface area contributed by atoms with Gasteiger partial charge in [0.05, 0.1) is 15.9 Å². The van der Waals surface area contributed by atoms with E-state index in [-0.39, 0.29) is 5.56 Å². The third-order valence-corrected chi connectivity index (χ3v) is 5.16. The van der Waals surface area contributed by atoms with E-state index in [0.717, 1.165) is 12.5 Å². The third kappa shape index (κ3) is 2.72. The molecule has 9 heteroatoms. The van der Waals surface area contributed by atoms with Gasteiger partial charge >= 0.3 is 5.69 Å². The van der Waals surface area contributed by atoms with Crippen LogP contribution < -0.4 is 4.72 Å². The molecule has 0 bridgehead atoms. The van der Waals surface area contributed by atoms with Crippen molar-refractivity contribution >= 4 is 15.7 Å². The first-order valence-corrected chi connectivity index (χ1v) is 7.59. The molecule has 0 spiro atoms. The standard InChI is InChI=1S/C12H12FN3O4S/c1-8-5-9(13)10(16(17)18)6-11(8)21(19,20)15-12(7-14)3-2-4-12/h5-6,15H,2-4H2,1H3. The van der Waals surface area contributed by atoms with Gasteiger partial charge in [0.15, 0.2) is 0 Å². The smallest absolute Gasteiger partial charge is 0.258 e. The first-order valence-electron chi connectivity index (χ1n) is 6.10. The molecule has 1 fully saturated rings. The molecule has 1 aliphatic carbocycles. The molecule has 0 aromatic heterocycles. The van der Waals surface area contributed by atoms with E-state index in [1.165, 1.54) is 6.92 Å². The predicted molar refractivity (Wildman–Crippen MR) is 70.3 cm³/mol. The first kappa shape index (κ1) is 15.3. The lowest BCUT2D eigenvalue weighted by Gasteiger charge is -2.35. The summed E-state index contributed by atoms with van der Waals surface area (Å²) >= 11 is 0. The minimum absolute atomic E-state index is 0.0398. The Morgan fingerprint density at radius 2 is 2.10 bits per heavy atom. The van der Waals surface area contributed by atoms with E-state index in [2.05, 4.69) is 4.72 Å². The number of benzene rings is 1. The van der Waals surface area contributed by atoms with Crippen LogP contribution in [0.4, 0.5) is 10.1 Å². The zero-order valence-electron chi connectivity index (χ0n) is 11.1. The molecule has 1 N–H and O–H groups in total. The monoisotopic (exact) mass is 313 g/mol. The van der Waals surface area contributed by atoms with Gasteiger partial charge in [-0.15, -0.1) is 0 Å². The number of hydrogen-bond acceptors (Lipinski definition) is 5. The van der Waals surface area contributed by atoms with Crippen molar-refractivity contribution in [1.82, 2.24) is 4.72 Å². The molecule has 2 rings (SSSR count). The largest absolute Gasteiger partial charge is 0.306 e. The lowest BCUT2D eigenvalue weighted by atomic mass is 9.79. The van der Waals surface area contributed by atoms with E-state index in [1.54, 1.807) is 0 Å². The Kier molecular flexibility index (Phi) is 3.69. The van der Waals surface area contributed by atoms with Crippen LogP contribution in [0.15, 0.2) is 17.0 Å². The molecule has 0 saturated heterocycles. The third-order valence-electron chi connectivity index (χ3n) is 3.48. The normalized spacial score (nSPS) is 16.8. The number of hydrogen-bond donors (Lipinski definition) is 1. The van der Waals surface area contributed by atoms with Crippen molar-refractivity contribution < 1.29 is 17.7 Å². The highest BCUT2D eigenvalue weighted by Gasteiger charge is 2.41. The van der Waals surface area contributed by atoms with Gasteiger partial charge in [-0.05, 0) is 37.8 Å². The Bertz CT molecular complexity index is 751. The summed E-state index contributed by atoms with van der Waals surface area (Å²) in [5.41, 5.74) is -2.05. The van der Waals surface area contributed by atoms with Crippen molar-refractivity contribution in [3.05, 3.63) is 33.6 Å². The van der Waals surface area contributed by atoms with E-state index >= 15 is 0 Å². The molecule has 1 aromatic rings. The van der Waals surface area contributed by atoms with Gasteiger partial charge in [0.2, 0.25) is 15.8 Å². The Labute approximate surface area is 120 Å². The van der Waals surface area contributed by atoms with Gasteiger partial charge in [-0.25, -0.2) is 8.42 Å². The van der Waals surface area contributed by atoms with Crippen LogP contribution in [0.5, 0.6) is 0 Å². The van der Waals surface area contributed by atoms with E-state index in [1.807, 2.05) is 6.07 Å². The molecular weight excluding hydrogens is 301 g/mol. The van der Waals surface area contributed by atoms with E-state index in [4.69, 9.17) is 5.26 Å². The van der Waals surface area contributed by atoms with Crippen LogP contribution in [0.25, 0.3) is 0 Å². The lowest BCUT2D eigenvalue weighted by Crippen LogP contribution is -2.52. The van der Waals surface area contributed by atoms with Crippen LogP contribution >= 0.6 is 0 Å². The van der Waals surface area contributed by atoms with Crippen molar-refractivity contribution in [3.8, 4) is 6.07 Å². The zero-order chi connectivity index (χ0) is 15.8. The number of nitro benzene ring substituents is 1. The van der Waals surface area contributed by atoms with Gasteiger partial charge in [0.1, 0.15) is 5.54 Å². The number of rotatable bonds is 4. The summed E-state index contributed by atoms with van der Waals surface area (Å²) in [5.74, 6) is -1.10. The Morgan fingerprint density at radius 3 is 2.52 bits per heavy atom. The summed E-state index contributed by atoms with van der Waals surface area (Å²) in [6.45, 7) is 1.33. The second-order valence-electron chi connectivity index (χ2n) is 4.98. The number of nitrogens with zero attached hydrogens (tertiary/aromatic N) is 2. The fourth-order valence-corrected chi connectivity index (χ4v) is 3.77. The minimum Gasteiger partial charge on any atom is -0.258 e. The maximum absolute atomic E-state index is 13.4. The second kappa shape index (κ2) is 5.05. The number of sulfonamides is 1. The number of halogens is 1. The van der Waals surface area contributed by atoms with E-state index < -0.39 is 36.9 Å². The number of nitro groups is 1. The van der Waals surface area contributed by atoms with Crippen LogP contribution in [-0.4, -0.2) is 18.9 Å². The molecule has 0 heterocycles. The van der Waals surface area contributed by atoms with Crippen molar-refractivity contribution in [2.45, 2.75) is 36.6 Å². The SMILES string of the molecule is Cc1cc(F)c([N+](=O)[O-])cc1S(=O)(=O)NC1(C#N)CCC1. The molecule has 0 radical (unpaired) electrons. The van der Waals surface area contributed by atoms with Gasteiger partial charge in [-0.3, -0.25) is 10.1 Å². The summed E-state index contributed by atoms with van der Waals surface area (Å²) in [6.07, 6.45) is 1.48. The zero-order valence-corrected chi connectivity index (χ0v) is 11.9. The Morgan fingerprint density at radius 1 is 1.48 bits per heavy atom. The maximum Gasteiger partial charge on any atom is 0.306 e. The van der Waals surface area contributed by atoms with Crippen LogP contribution in [-0.2, 0) is 10.0 Å². The second-order valence-corrected chi connectivity index (χ2v) is 6.63. The number of nitrogens with one attached hydrogen (secondary N) is 1. The maximum atomic E-state index is 13.4. The molecule has 1 aliphatic rings. The van der Waals surface area contributed by atoms with Crippen molar-refractivity contribution in [2.75, 3.05) is 0 Å². The molecule has 1 saturated carbocycles. The molecule has 1 aromatic carbocycles. The van der Waals surface area contributed by atoms with Gasteiger partial charge in [0, 0.05) is 6.07 Å². The fourth-order valence-electron chi connectivity index (χ4n) is 2.15. The predicted octanol–water partition coefficient (Wildman–Crippen LogP) is 1.77. The molecule has 0 aliphatic heterocycles. The van der Waals surface area contributed by atoms with Gasteiger partial charge in [0.25, 0.3) is 0 Å².